The molecule has 1 N–H and O–H groups in total. The number of carbonyl (C=O) groups excluding carboxylic acids is 1. The fourth-order valence-corrected chi connectivity index (χ4v) is 3.91. The average Bonchev–Trinajstić information content (AvgIpc) is 3.19. The number of hydrogen-bond donors (Lipinski definition) is 1. The van der Waals surface area contributed by atoms with Crippen LogP contribution in [0.25, 0.3) is 0 Å². The van der Waals surface area contributed by atoms with Crippen LogP contribution in [-0.2, 0) is 13.0 Å². The van der Waals surface area contributed by atoms with Crippen molar-refractivity contribution in [3.05, 3.63) is 110 Å². The van der Waals surface area contributed by atoms with E-state index in [-0.39, 0.29) is 11.3 Å². The van der Waals surface area contributed by atoms with E-state index in [0.717, 1.165) is 16.0 Å². The molecule has 30 heavy (non-hydrogen) atoms. The Bertz CT molecular complexity index is 1240. The molecule has 0 aliphatic heterocycles. The Balaban J connectivity index is 1.47. The summed E-state index contributed by atoms with van der Waals surface area (Å²) in [6.45, 7) is 0.292. The van der Waals surface area contributed by atoms with Gasteiger partial charge in [0.05, 0.1) is 6.54 Å². The average molecular weight is 437 g/mol. The van der Waals surface area contributed by atoms with E-state index in [2.05, 4.69) is 15.4 Å². The van der Waals surface area contributed by atoms with E-state index in [1.165, 1.54) is 28.2 Å². The highest BCUT2D eigenvalue weighted by Gasteiger charge is 2.13. The summed E-state index contributed by atoms with van der Waals surface area (Å²) in [6.07, 6.45) is 2.35. The van der Waals surface area contributed by atoms with Gasteiger partial charge >= 0.3 is 0 Å². The zero-order valence-electron chi connectivity index (χ0n) is 15.8. The minimum atomic E-state index is -0.421. The molecule has 0 spiro atoms. The fourth-order valence-electron chi connectivity index (χ4n) is 2.88. The van der Waals surface area contributed by atoms with E-state index >= 15 is 0 Å². The van der Waals surface area contributed by atoms with Crippen molar-refractivity contribution < 1.29 is 4.79 Å². The van der Waals surface area contributed by atoms with E-state index in [0.29, 0.717) is 23.1 Å². The number of amides is 1. The molecular weight excluding hydrogens is 420 g/mol. The van der Waals surface area contributed by atoms with Crippen LogP contribution in [0, 0.1) is 0 Å². The van der Waals surface area contributed by atoms with Gasteiger partial charge in [-0.1, -0.05) is 60.1 Å². The van der Waals surface area contributed by atoms with Crippen molar-refractivity contribution in [2.75, 3.05) is 5.32 Å². The first-order valence-corrected chi connectivity index (χ1v) is 10.4. The first-order valence-electron chi connectivity index (χ1n) is 9.20. The van der Waals surface area contributed by atoms with Gasteiger partial charge < -0.3 is 0 Å². The smallest absolute Gasteiger partial charge is 0.277 e. The summed E-state index contributed by atoms with van der Waals surface area (Å²) in [7, 11) is 0. The third-order valence-electron chi connectivity index (χ3n) is 4.37. The van der Waals surface area contributed by atoms with Gasteiger partial charge in [-0.2, -0.15) is 5.10 Å². The van der Waals surface area contributed by atoms with Crippen molar-refractivity contribution in [1.82, 2.24) is 14.8 Å². The molecule has 0 fully saturated rings. The van der Waals surface area contributed by atoms with Crippen LogP contribution in [0.4, 0.5) is 5.13 Å². The topological polar surface area (TPSA) is 76.9 Å². The first-order chi connectivity index (χ1) is 14.6. The summed E-state index contributed by atoms with van der Waals surface area (Å²) in [4.78, 5) is 30.0. The number of aromatic nitrogens is 3. The van der Waals surface area contributed by atoms with E-state index in [1.54, 1.807) is 6.20 Å². The molecule has 0 atom stereocenters. The monoisotopic (exact) mass is 436 g/mol. The molecule has 0 saturated heterocycles. The zero-order chi connectivity index (χ0) is 20.9. The summed E-state index contributed by atoms with van der Waals surface area (Å²) in [5, 5.41) is 8.11. The van der Waals surface area contributed by atoms with Gasteiger partial charge in [0.25, 0.3) is 11.5 Å². The molecular formula is C22H17ClN4O2S. The molecule has 2 aromatic heterocycles. The van der Waals surface area contributed by atoms with Crippen molar-refractivity contribution >= 4 is 34.0 Å². The second kappa shape index (κ2) is 9.02. The van der Waals surface area contributed by atoms with Crippen molar-refractivity contribution in [3.63, 3.8) is 0 Å². The van der Waals surface area contributed by atoms with Crippen LogP contribution in [0.3, 0.4) is 0 Å². The number of benzene rings is 2. The fraction of sp³-hybridized carbons (Fsp3) is 0.0909. The maximum Gasteiger partial charge on any atom is 0.277 e. The lowest BCUT2D eigenvalue weighted by molar-refractivity contribution is 0.102. The number of thiazole rings is 1. The van der Waals surface area contributed by atoms with Crippen LogP contribution in [0.15, 0.2) is 77.7 Å². The lowest BCUT2D eigenvalue weighted by Crippen LogP contribution is -2.26. The van der Waals surface area contributed by atoms with Crippen LogP contribution in [-0.4, -0.2) is 20.7 Å². The molecule has 0 bridgehead atoms. The first kappa shape index (κ1) is 20.0. The maximum absolute atomic E-state index is 12.6. The van der Waals surface area contributed by atoms with E-state index < -0.39 is 5.91 Å². The van der Waals surface area contributed by atoms with Gasteiger partial charge in [0.2, 0.25) is 0 Å². The summed E-state index contributed by atoms with van der Waals surface area (Å²) in [6, 6.07) is 19.9. The summed E-state index contributed by atoms with van der Waals surface area (Å²) in [5.41, 5.74) is 1.80. The van der Waals surface area contributed by atoms with E-state index in [9.17, 15) is 9.59 Å². The van der Waals surface area contributed by atoms with Gasteiger partial charge in [-0.15, -0.1) is 11.3 Å². The zero-order valence-corrected chi connectivity index (χ0v) is 17.4. The SMILES string of the molecule is O=C(Nc1ncc(Cc2ccccc2Cl)s1)c1ccc(=O)n(Cc2ccccc2)n1. The number of rotatable bonds is 6. The third kappa shape index (κ3) is 4.82. The summed E-state index contributed by atoms with van der Waals surface area (Å²) >= 11 is 7.58. The van der Waals surface area contributed by atoms with Crippen molar-refractivity contribution in [3.8, 4) is 0 Å². The standard InChI is InChI=1S/C22H17ClN4O2S/c23-18-9-5-4-8-16(18)12-17-13-24-22(30-17)25-21(29)19-10-11-20(28)27(26-19)14-15-6-2-1-3-7-15/h1-11,13H,12,14H2,(H,24,25,29). The Labute approximate surface area is 181 Å². The summed E-state index contributed by atoms with van der Waals surface area (Å²) < 4.78 is 1.27. The highest BCUT2D eigenvalue weighted by molar-refractivity contribution is 7.15. The molecule has 2 aromatic carbocycles. The molecule has 150 valence electrons. The molecule has 1 amide bonds. The normalized spacial score (nSPS) is 10.7. The van der Waals surface area contributed by atoms with Crippen molar-refractivity contribution in [1.29, 1.82) is 0 Å². The molecule has 4 rings (SSSR count). The quantitative estimate of drug-likeness (QED) is 0.490. The molecule has 0 unspecified atom stereocenters. The predicted molar refractivity (Wildman–Crippen MR) is 118 cm³/mol. The Morgan fingerprint density at radius 2 is 1.80 bits per heavy atom. The van der Waals surface area contributed by atoms with Crippen LogP contribution in [0.5, 0.6) is 0 Å². The van der Waals surface area contributed by atoms with Gasteiger partial charge in [-0.05, 0) is 23.3 Å². The number of halogens is 1. The Morgan fingerprint density at radius 3 is 2.60 bits per heavy atom. The minimum Gasteiger partial charge on any atom is -0.296 e. The van der Waals surface area contributed by atoms with Gasteiger partial charge in [0, 0.05) is 28.6 Å². The molecule has 0 aliphatic carbocycles. The second-order valence-electron chi connectivity index (χ2n) is 6.55. The highest BCUT2D eigenvalue weighted by Crippen LogP contribution is 2.24. The van der Waals surface area contributed by atoms with E-state index in [4.69, 9.17) is 11.6 Å². The lowest BCUT2D eigenvalue weighted by atomic mass is 10.1. The van der Waals surface area contributed by atoms with Crippen LogP contribution in [0.2, 0.25) is 5.02 Å². The van der Waals surface area contributed by atoms with Gasteiger partial charge in [0.1, 0.15) is 5.69 Å². The predicted octanol–water partition coefficient (Wildman–Crippen LogP) is 4.24. The Kier molecular flexibility index (Phi) is 6.02. The molecule has 6 nitrogen and oxygen atoms in total. The van der Waals surface area contributed by atoms with Crippen molar-refractivity contribution in [2.45, 2.75) is 13.0 Å². The Morgan fingerprint density at radius 1 is 1.03 bits per heavy atom. The van der Waals surface area contributed by atoms with Crippen molar-refractivity contribution in [2.24, 2.45) is 0 Å². The Hall–Kier alpha value is -3.29. The summed E-state index contributed by atoms with van der Waals surface area (Å²) in [5.74, 6) is -0.421. The maximum atomic E-state index is 12.6. The molecule has 0 radical (unpaired) electrons. The van der Waals surface area contributed by atoms with Gasteiger partial charge in [0.15, 0.2) is 5.13 Å². The third-order valence-corrected chi connectivity index (χ3v) is 5.65. The number of nitrogens with zero attached hydrogens (tertiary/aromatic N) is 3. The largest absolute Gasteiger partial charge is 0.296 e. The molecule has 2 heterocycles. The number of anilines is 1. The second-order valence-corrected chi connectivity index (χ2v) is 8.08. The molecule has 8 heteroatoms. The number of nitrogens with one attached hydrogen (secondary N) is 1. The molecule has 0 saturated carbocycles. The minimum absolute atomic E-state index is 0.147. The highest BCUT2D eigenvalue weighted by atomic mass is 35.5. The molecule has 0 aliphatic rings. The number of carbonyl (C=O) groups is 1. The van der Waals surface area contributed by atoms with Gasteiger partial charge in [-0.3, -0.25) is 14.9 Å². The van der Waals surface area contributed by atoms with E-state index in [1.807, 2.05) is 54.6 Å². The lowest BCUT2D eigenvalue weighted by Gasteiger charge is -2.07. The van der Waals surface area contributed by atoms with Gasteiger partial charge in [-0.25, -0.2) is 9.67 Å². The van der Waals surface area contributed by atoms with Crippen LogP contribution in [0.1, 0.15) is 26.5 Å². The van der Waals surface area contributed by atoms with Crippen LogP contribution < -0.4 is 10.9 Å². The molecule has 4 aromatic rings. The number of hydrogen-bond acceptors (Lipinski definition) is 5. The van der Waals surface area contributed by atoms with Crippen LogP contribution >= 0.6 is 22.9 Å².